The molecule has 1 aliphatic rings. The molecule has 0 saturated heterocycles. The monoisotopic (exact) mass is 247 g/mol. The van der Waals surface area contributed by atoms with E-state index in [0.717, 1.165) is 25.0 Å². The Balaban J connectivity index is 1.78. The summed E-state index contributed by atoms with van der Waals surface area (Å²) in [6.07, 6.45) is 2.13. The van der Waals surface area contributed by atoms with Crippen LogP contribution in [0.1, 0.15) is 30.5 Å². The largest absolute Gasteiger partial charge is 0.508 e. The molecule has 2 N–H and O–H groups in total. The van der Waals surface area contributed by atoms with Gasteiger partial charge in [-0.15, -0.1) is 0 Å². The van der Waals surface area contributed by atoms with Gasteiger partial charge in [0.1, 0.15) is 5.75 Å². The molecule has 1 atom stereocenters. The number of fused-ring (bicyclic) bond motifs is 1. The number of nitrogens with one attached hydrogen (secondary N) is 1. The molecule has 0 aliphatic heterocycles. The number of benzene rings is 1. The van der Waals surface area contributed by atoms with E-state index >= 15 is 0 Å². The van der Waals surface area contributed by atoms with Gasteiger partial charge in [0.05, 0.1) is 13.2 Å². The summed E-state index contributed by atoms with van der Waals surface area (Å²) in [5, 5.41) is 12.9. The summed E-state index contributed by atoms with van der Waals surface area (Å²) in [6.45, 7) is 7.95. The second-order valence-electron chi connectivity index (χ2n) is 4.94. The Kier molecular flexibility index (Phi) is 4.39. The van der Waals surface area contributed by atoms with Gasteiger partial charge in [0, 0.05) is 12.6 Å². The van der Waals surface area contributed by atoms with E-state index < -0.39 is 0 Å². The van der Waals surface area contributed by atoms with E-state index in [1.54, 1.807) is 6.07 Å². The molecule has 1 unspecified atom stereocenters. The van der Waals surface area contributed by atoms with E-state index in [9.17, 15) is 5.11 Å². The molecule has 0 spiro atoms. The van der Waals surface area contributed by atoms with Gasteiger partial charge >= 0.3 is 0 Å². The summed E-state index contributed by atoms with van der Waals surface area (Å²) in [6, 6.07) is 6.05. The SMILES string of the molecule is C=C(C)COCCNC1CCc2cc(O)ccc21. The molecule has 0 amide bonds. The molecule has 0 fully saturated rings. The van der Waals surface area contributed by atoms with Gasteiger partial charge in [0.25, 0.3) is 0 Å². The molecule has 1 aromatic rings. The highest BCUT2D eigenvalue weighted by molar-refractivity contribution is 5.39. The van der Waals surface area contributed by atoms with Crippen molar-refractivity contribution in [1.29, 1.82) is 0 Å². The van der Waals surface area contributed by atoms with Crippen LogP contribution in [0.3, 0.4) is 0 Å². The number of phenols is 1. The maximum atomic E-state index is 9.43. The normalized spacial score (nSPS) is 17.7. The van der Waals surface area contributed by atoms with E-state index in [2.05, 4.69) is 11.9 Å². The Morgan fingerprint density at radius 1 is 1.56 bits per heavy atom. The molecule has 98 valence electrons. The van der Waals surface area contributed by atoms with E-state index in [0.29, 0.717) is 25.0 Å². The first-order chi connectivity index (χ1) is 8.66. The molecule has 2 rings (SSSR count). The molecule has 0 bridgehead atoms. The smallest absolute Gasteiger partial charge is 0.115 e. The van der Waals surface area contributed by atoms with Crippen molar-refractivity contribution < 1.29 is 9.84 Å². The number of aryl methyl sites for hydroxylation is 1. The maximum Gasteiger partial charge on any atom is 0.115 e. The fourth-order valence-corrected chi connectivity index (χ4v) is 2.37. The highest BCUT2D eigenvalue weighted by Gasteiger charge is 2.21. The Labute approximate surface area is 108 Å². The molecule has 0 radical (unpaired) electrons. The van der Waals surface area contributed by atoms with Crippen molar-refractivity contribution in [3.63, 3.8) is 0 Å². The van der Waals surface area contributed by atoms with Crippen LogP contribution in [-0.2, 0) is 11.2 Å². The Hall–Kier alpha value is -1.32. The fourth-order valence-electron chi connectivity index (χ4n) is 2.37. The average molecular weight is 247 g/mol. The molecule has 3 nitrogen and oxygen atoms in total. The summed E-state index contributed by atoms with van der Waals surface area (Å²) >= 11 is 0. The van der Waals surface area contributed by atoms with Gasteiger partial charge in [-0.3, -0.25) is 0 Å². The van der Waals surface area contributed by atoms with Crippen molar-refractivity contribution in [3.05, 3.63) is 41.5 Å². The predicted molar refractivity (Wildman–Crippen MR) is 72.8 cm³/mol. The standard InChI is InChI=1S/C15H21NO2/c1-11(2)10-18-8-7-16-15-6-3-12-9-13(17)4-5-14(12)15/h4-5,9,15-17H,1,3,6-8,10H2,2H3. The average Bonchev–Trinajstić information content (AvgIpc) is 2.70. The lowest BCUT2D eigenvalue weighted by molar-refractivity contribution is 0.155. The second-order valence-corrected chi connectivity index (χ2v) is 4.94. The maximum absolute atomic E-state index is 9.43. The summed E-state index contributed by atoms with van der Waals surface area (Å²) in [7, 11) is 0. The number of aromatic hydroxyl groups is 1. The van der Waals surface area contributed by atoms with Crippen LogP contribution in [0.2, 0.25) is 0 Å². The molecule has 0 heterocycles. The Bertz CT molecular complexity index is 429. The van der Waals surface area contributed by atoms with Crippen LogP contribution < -0.4 is 5.32 Å². The van der Waals surface area contributed by atoms with Crippen molar-refractivity contribution >= 4 is 0 Å². The number of hydrogen-bond donors (Lipinski definition) is 2. The minimum atomic E-state index is 0.360. The summed E-state index contributed by atoms with van der Waals surface area (Å²) in [4.78, 5) is 0. The van der Waals surface area contributed by atoms with Gasteiger partial charge in [0.2, 0.25) is 0 Å². The third-order valence-electron chi connectivity index (χ3n) is 3.19. The topological polar surface area (TPSA) is 41.5 Å². The summed E-state index contributed by atoms with van der Waals surface area (Å²) < 4.78 is 5.46. The Morgan fingerprint density at radius 3 is 3.17 bits per heavy atom. The third kappa shape index (κ3) is 3.34. The van der Waals surface area contributed by atoms with E-state index in [-0.39, 0.29) is 0 Å². The first-order valence-electron chi connectivity index (χ1n) is 6.44. The lowest BCUT2D eigenvalue weighted by Gasteiger charge is -2.14. The van der Waals surface area contributed by atoms with Gasteiger partial charge in [-0.05, 0) is 43.0 Å². The van der Waals surface area contributed by atoms with Crippen LogP contribution in [-0.4, -0.2) is 24.9 Å². The highest BCUT2D eigenvalue weighted by Crippen LogP contribution is 2.32. The number of rotatable bonds is 6. The van der Waals surface area contributed by atoms with Crippen LogP contribution in [0.25, 0.3) is 0 Å². The van der Waals surface area contributed by atoms with Crippen LogP contribution in [0.4, 0.5) is 0 Å². The molecular weight excluding hydrogens is 226 g/mol. The van der Waals surface area contributed by atoms with E-state index in [4.69, 9.17) is 4.74 Å². The van der Waals surface area contributed by atoms with Crippen molar-refractivity contribution in [3.8, 4) is 5.75 Å². The second kappa shape index (κ2) is 6.03. The molecule has 18 heavy (non-hydrogen) atoms. The van der Waals surface area contributed by atoms with Crippen molar-refractivity contribution in [2.45, 2.75) is 25.8 Å². The van der Waals surface area contributed by atoms with Gasteiger partial charge in [-0.1, -0.05) is 18.2 Å². The fraction of sp³-hybridized carbons (Fsp3) is 0.467. The zero-order valence-electron chi connectivity index (χ0n) is 10.9. The van der Waals surface area contributed by atoms with Gasteiger partial charge < -0.3 is 15.2 Å². The van der Waals surface area contributed by atoms with Crippen LogP contribution in [0, 0.1) is 0 Å². The molecule has 1 aliphatic carbocycles. The molecule has 3 heteroatoms. The van der Waals surface area contributed by atoms with Crippen LogP contribution in [0.15, 0.2) is 30.4 Å². The lowest BCUT2D eigenvalue weighted by Crippen LogP contribution is -2.24. The summed E-state index contributed by atoms with van der Waals surface area (Å²) in [5.74, 6) is 0.360. The number of ether oxygens (including phenoxy) is 1. The van der Waals surface area contributed by atoms with E-state index in [1.165, 1.54) is 11.1 Å². The van der Waals surface area contributed by atoms with Gasteiger partial charge in [0.15, 0.2) is 0 Å². The first-order valence-corrected chi connectivity index (χ1v) is 6.44. The van der Waals surface area contributed by atoms with Crippen molar-refractivity contribution in [1.82, 2.24) is 5.32 Å². The molecule has 1 aromatic carbocycles. The van der Waals surface area contributed by atoms with Gasteiger partial charge in [-0.2, -0.15) is 0 Å². The zero-order chi connectivity index (χ0) is 13.0. The van der Waals surface area contributed by atoms with Gasteiger partial charge in [-0.25, -0.2) is 0 Å². The molecule has 0 saturated carbocycles. The highest BCUT2D eigenvalue weighted by atomic mass is 16.5. The van der Waals surface area contributed by atoms with E-state index in [1.807, 2.05) is 19.1 Å². The minimum Gasteiger partial charge on any atom is -0.508 e. The Morgan fingerprint density at radius 2 is 2.39 bits per heavy atom. The van der Waals surface area contributed by atoms with Crippen molar-refractivity contribution in [2.24, 2.45) is 0 Å². The number of hydrogen-bond acceptors (Lipinski definition) is 3. The lowest BCUT2D eigenvalue weighted by atomic mass is 10.1. The minimum absolute atomic E-state index is 0.360. The predicted octanol–water partition coefficient (Wildman–Crippen LogP) is 2.56. The van der Waals surface area contributed by atoms with Crippen molar-refractivity contribution in [2.75, 3.05) is 19.8 Å². The molecular formula is C15H21NO2. The van der Waals surface area contributed by atoms with Crippen LogP contribution >= 0.6 is 0 Å². The summed E-state index contributed by atoms with van der Waals surface area (Å²) in [5.41, 5.74) is 3.62. The third-order valence-corrected chi connectivity index (χ3v) is 3.19. The zero-order valence-corrected chi connectivity index (χ0v) is 10.9. The quantitative estimate of drug-likeness (QED) is 0.599. The first kappa shape index (κ1) is 13.1. The number of phenolic OH excluding ortho intramolecular Hbond substituents is 1. The molecule has 0 aromatic heterocycles. The van der Waals surface area contributed by atoms with Crippen LogP contribution in [0.5, 0.6) is 5.75 Å².